The van der Waals surface area contributed by atoms with E-state index in [0.717, 1.165) is 10.0 Å². The smallest absolute Gasteiger partial charge is 0.277 e. The summed E-state index contributed by atoms with van der Waals surface area (Å²) in [7, 11) is 0. The van der Waals surface area contributed by atoms with Gasteiger partial charge in [-0.2, -0.15) is 0 Å². The number of para-hydroxylation sites is 1. The Balaban J connectivity index is 1.74. The number of carbonyl (C=O) groups excluding carboxylic acids is 1. The molecule has 1 unspecified atom stereocenters. The van der Waals surface area contributed by atoms with Crippen molar-refractivity contribution in [3.63, 3.8) is 0 Å². The summed E-state index contributed by atoms with van der Waals surface area (Å²) in [5.41, 5.74) is 1.38. The summed E-state index contributed by atoms with van der Waals surface area (Å²) in [6.07, 6.45) is 0. The Labute approximate surface area is 164 Å². The van der Waals surface area contributed by atoms with Gasteiger partial charge in [-0.3, -0.25) is 4.79 Å². The van der Waals surface area contributed by atoms with Crippen molar-refractivity contribution in [3.05, 3.63) is 58.6 Å². The molecule has 0 saturated heterocycles. The average molecular weight is 433 g/mol. The van der Waals surface area contributed by atoms with E-state index in [1.54, 1.807) is 12.1 Å². The first-order valence-corrected chi connectivity index (χ1v) is 9.78. The van der Waals surface area contributed by atoms with Gasteiger partial charge in [0, 0.05) is 10.0 Å². The summed E-state index contributed by atoms with van der Waals surface area (Å²) in [5.74, 6) is 1.07. The third kappa shape index (κ3) is 4.34. The highest BCUT2D eigenvalue weighted by molar-refractivity contribution is 9.10. The standard InChI is InChI=1S/C19H17BrN2O3S/c1-3-24-16-7-5-4-6-15(16)18-21-22-19(25-18)26-12(2)17(23)13-8-10-14(20)11-9-13/h4-12H,3H2,1-2H3. The third-order valence-electron chi connectivity index (χ3n) is 3.60. The Morgan fingerprint density at radius 2 is 1.92 bits per heavy atom. The largest absolute Gasteiger partial charge is 0.493 e. The Kier molecular flexibility index (Phi) is 6.11. The Morgan fingerprint density at radius 3 is 2.65 bits per heavy atom. The van der Waals surface area contributed by atoms with Gasteiger partial charge in [-0.25, -0.2) is 0 Å². The molecule has 0 spiro atoms. The Bertz CT molecular complexity index is 896. The molecular weight excluding hydrogens is 416 g/mol. The van der Waals surface area contributed by atoms with Gasteiger partial charge in [-0.05, 0) is 38.1 Å². The summed E-state index contributed by atoms with van der Waals surface area (Å²) < 4.78 is 12.3. The first kappa shape index (κ1) is 18.7. The highest BCUT2D eigenvalue weighted by Crippen LogP contribution is 2.32. The van der Waals surface area contributed by atoms with Crippen LogP contribution < -0.4 is 4.74 Å². The zero-order chi connectivity index (χ0) is 18.5. The van der Waals surface area contributed by atoms with Crippen molar-refractivity contribution in [1.82, 2.24) is 10.2 Å². The van der Waals surface area contributed by atoms with Crippen LogP contribution in [0, 0.1) is 0 Å². The molecule has 0 aliphatic heterocycles. The number of Topliss-reactive ketones (excluding diaryl/α,β-unsaturated/α-hetero) is 1. The van der Waals surface area contributed by atoms with Gasteiger partial charge < -0.3 is 9.15 Å². The van der Waals surface area contributed by atoms with E-state index < -0.39 is 0 Å². The molecule has 1 aromatic heterocycles. The van der Waals surface area contributed by atoms with Crippen molar-refractivity contribution in [2.45, 2.75) is 24.3 Å². The van der Waals surface area contributed by atoms with Crippen molar-refractivity contribution in [2.75, 3.05) is 6.61 Å². The van der Waals surface area contributed by atoms with E-state index in [1.165, 1.54) is 11.8 Å². The van der Waals surface area contributed by atoms with Gasteiger partial charge in [-0.1, -0.05) is 52.0 Å². The second kappa shape index (κ2) is 8.51. The van der Waals surface area contributed by atoms with Gasteiger partial charge in [0.2, 0.25) is 0 Å². The lowest BCUT2D eigenvalue weighted by molar-refractivity contribution is 0.0993. The number of benzene rings is 2. The first-order valence-electron chi connectivity index (χ1n) is 8.10. The van der Waals surface area contributed by atoms with E-state index in [9.17, 15) is 4.79 Å². The Hall–Kier alpha value is -2.12. The van der Waals surface area contributed by atoms with Crippen LogP contribution in [-0.4, -0.2) is 27.8 Å². The molecule has 0 fully saturated rings. The lowest BCUT2D eigenvalue weighted by Crippen LogP contribution is -2.13. The zero-order valence-corrected chi connectivity index (χ0v) is 16.7. The van der Waals surface area contributed by atoms with E-state index in [4.69, 9.17) is 9.15 Å². The zero-order valence-electron chi connectivity index (χ0n) is 14.3. The molecule has 0 bridgehead atoms. The quantitative estimate of drug-likeness (QED) is 0.374. The molecule has 134 valence electrons. The van der Waals surface area contributed by atoms with Crippen LogP contribution in [0.1, 0.15) is 24.2 Å². The number of carbonyl (C=O) groups is 1. The van der Waals surface area contributed by atoms with E-state index in [2.05, 4.69) is 26.1 Å². The number of nitrogens with zero attached hydrogens (tertiary/aromatic N) is 2. The monoisotopic (exact) mass is 432 g/mol. The molecule has 1 atom stereocenters. The average Bonchev–Trinajstić information content (AvgIpc) is 3.11. The summed E-state index contributed by atoms with van der Waals surface area (Å²) in [6, 6.07) is 14.8. The lowest BCUT2D eigenvalue weighted by atomic mass is 10.1. The van der Waals surface area contributed by atoms with Crippen LogP contribution in [0.3, 0.4) is 0 Å². The highest BCUT2D eigenvalue weighted by atomic mass is 79.9. The minimum Gasteiger partial charge on any atom is -0.493 e. The molecule has 26 heavy (non-hydrogen) atoms. The maximum atomic E-state index is 12.5. The van der Waals surface area contributed by atoms with E-state index in [-0.39, 0.29) is 11.0 Å². The number of hydrogen-bond donors (Lipinski definition) is 0. The number of hydrogen-bond acceptors (Lipinski definition) is 6. The molecule has 3 rings (SSSR count). The van der Waals surface area contributed by atoms with E-state index in [0.29, 0.717) is 29.0 Å². The fourth-order valence-electron chi connectivity index (χ4n) is 2.34. The predicted octanol–water partition coefficient (Wildman–Crippen LogP) is 5.26. The van der Waals surface area contributed by atoms with Crippen LogP contribution in [0.25, 0.3) is 11.5 Å². The molecule has 0 saturated carbocycles. The van der Waals surface area contributed by atoms with Gasteiger partial charge in [-0.15, -0.1) is 10.2 Å². The second-order valence-corrected chi connectivity index (χ2v) is 7.64. The number of rotatable bonds is 7. The van der Waals surface area contributed by atoms with Crippen LogP contribution >= 0.6 is 27.7 Å². The number of halogens is 1. The maximum absolute atomic E-state index is 12.5. The summed E-state index contributed by atoms with van der Waals surface area (Å²) in [4.78, 5) is 12.5. The number of thioether (sulfide) groups is 1. The van der Waals surface area contributed by atoms with E-state index >= 15 is 0 Å². The molecule has 0 N–H and O–H groups in total. The van der Waals surface area contributed by atoms with Gasteiger partial charge in [0.1, 0.15) is 5.75 Å². The molecule has 2 aromatic carbocycles. The van der Waals surface area contributed by atoms with Crippen molar-refractivity contribution in [1.29, 1.82) is 0 Å². The molecule has 0 amide bonds. The van der Waals surface area contributed by atoms with Crippen molar-refractivity contribution in [3.8, 4) is 17.2 Å². The highest BCUT2D eigenvalue weighted by Gasteiger charge is 2.21. The fourth-order valence-corrected chi connectivity index (χ4v) is 3.37. The first-order chi connectivity index (χ1) is 12.6. The lowest BCUT2D eigenvalue weighted by Gasteiger charge is -2.08. The summed E-state index contributed by atoms with van der Waals surface area (Å²) >= 11 is 4.61. The normalized spacial score (nSPS) is 12.0. The van der Waals surface area contributed by atoms with E-state index in [1.807, 2.05) is 50.2 Å². The number of aromatic nitrogens is 2. The predicted molar refractivity (Wildman–Crippen MR) is 105 cm³/mol. The maximum Gasteiger partial charge on any atom is 0.277 e. The van der Waals surface area contributed by atoms with Crippen LogP contribution in [0.2, 0.25) is 0 Å². The van der Waals surface area contributed by atoms with Crippen LogP contribution in [0.15, 0.2) is 62.6 Å². The molecule has 0 aliphatic carbocycles. The van der Waals surface area contributed by atoms with Crippen LogP contribution in [-0.2, 0) is 0 Å². The van der Waals surface area contributed by atoms with Crippen molar-refractivity contribution in [2.24, 2.45) is 0 Å². The molecule has 3 aromatic rings. The van der Waals surface area contributed by atoms with Crippen LogP contribution in [0.4, 0.5) is 0 Å². The van der Waals surface area contributed by atoms with Gasteiger partial charge in [0.05, 0.1) is 17.4 Å². The van der Waals surface area contributed by atoms with Gasteiger partial charge >= 0.3 is 0 Å². The molecule has 7 heteroatoms. The number of ketones is 1. The summed E-state index contributed by atoms with van der Waals surface area (Å²) in [6.45, 7) is 4.29. The third-order valence-corrected chi connectivity index (χ3v) is 5.06. The minimum atomic E-state index is -0.341. The Morgan fingerprint density at radius 1 is 1.19 bits per heavy atom. The molecular formula is C19H17BrN2O3S. The molecule has 0 aliphatic rings. The second-order valence-electron chi connectivity index (χ2n) is 5.43. The SMILES string of the molecule is CCOc1ccccc1-c1nnc(SC(C)C(=O)c2ccc(Br)cc2)o1. The molecule has 0 radical (unpaired) electrons. The van der Waals surface area contributed by atoms with Crippen LogP contribution in [0.5, 0.6) is 5.75 Å². The molecule has 5 nitrogen and oxygen atoms in total. The summed E-state index contributed by atoms with van der Waals surface area (Å²) in [5, 5.41) is 8.16. The van der Waals surface area contributed by atoms with Gasteiger partial charge in [0.15, 0.2) is 5.78 Å². The number of ether oxygens (including phenoxy) is 1. The minimum absolute atomic E-state index is 0.0111. The molecule has 1 heterocycles. The van der Waals surface area contributed by atoms with Crippen molar-refractivity contribution >= 4 is 33.5 Å². The fraction of sp³-hybridized carbons (Fsp3) is 0.211. The van der Waals surface area contributed by atoms with Gasteiger partial charge in [0.25, 0.3) is 11.1 Å². The van der Waals surface area contributed by atoms with Crippen molar-refractivity contribution < 1.29 is 13.9 Å². The topological polar surface area (TPSA) is 65.2 Å².